The quantitative estimate of drug-likeness (QED) is 0.421. The van der Waals surface area contributed by atoms with Gasteiger partial charge in [0.05, 0.1) is 11.1 Å². The molecule has 0 aliphatic carbocycles. The Morgan fingerprint density at radius 1 is 1.00 bits per heavy atom. The van der Waals surface area contributed by atoms with E-state index in [1.807, 2.05) is 20.8 Å². The molecule has 0 spiro atoms. The highest BCUT2D eigenvalue weighted by Crippen LogP contribution is 2.35. The van der Waals surface area contributed by atoms with Gasteiger partial charge in [0, 0.05) is 44.6 Å². The molecule has 8 nitrogen and oxygen atoms in total. The van der Waals surface area contributed by atoms with Crippen LogP contribution in [0.5, 0.6) is 5.75 Å². The van der Waals surface area contributed by atoms with Gasteiger partial charge in [-0.2, -0.15) is 0 Å². The van der Waals surface area contributed by atoms with Crippen LogP contribution >= 0.6 is 11.6 Å². The minimum atomic E-state index is -0.650. The number of ether oxygens (including phenoxy) is 2. The molecule has 2 atom stereocenters. The molecule has 0 bridgehead atoms. The molecule has 2 aromatic carbocycles. The zero-order valence-electron chi connectivity index (χ0n) is 23.7. The van der Waals surface area contributed by atoms with Crippen molar-refractivity contribution in [3.05, 3.63) is 64.7 Å². The molecule has 11 heteroatoms. The Labute approximate surface area is 244 Å². The summed E-state index contributed by atoms with van der Waals surface area (Å²) in [6.07, 6.45) is -0.0658. The van der Waals surface area contributed by atoms with E-state index in [0.717, 1.165) is 0 Å². The minimum absolute atomic E-state index is 0.0176. The molecule has 2 aromatic rings. The molecular weight excluding hydrogens is 556 g/mol. The van der Waals surface area contributed by atoms with E-state index in [9.17, 15) is 23.2 Å². The number of likely N-dealkylation sites (N-methyl/N-ethyl adjacent to an activating group) is 1. The lowest BCUT2D eigenvalue weighted by Gasteiger charge is -2.34. The highest BCUT2D eigenvalue weighted by atomic mass is 35.5. The summed E-state index contributed by atoms with van der Waals surface area (Å²) in [6, 6.07) is 9.13. The maximum absolute atomic E-state index is 14.5. The van der Waals surface area contributed by atoms with Crippen molar-refractivity contribution in [3.8, 4) is 5.75 Å². The standard InChI is InChI=1S/C30H36ClF2N3O5/c1-5-36(29(39)40-22-9-7-21(32)8-10-22)26-18-35(17-23(26)20-6-11-24(31)25(33)16-20)27(37)19-12-14-34(15-13-19)28(38)41-30(2,3)4/h6-11,16,19,23,26H,5,12-15,17-18H2,1-4H3/t23-,26?/m0/s1. The number of amides is 3. The second-order valence-corrected chi connectivity index (χ2v) is 11.8. The Bertz CT molecular complexity index is 1260. The minimum Gasteiger partial charge on any atom is -0.444 e. The zero-order valence-corrected chi connectivity index (χ0v) is 24.5. The Morgan fingerprint density at radius 2 is 1.66 bits per heavy atom. The zero-order chi connectivity index (χ0) is 29.9. The highest BCUT2D eigenvalue weighted by molar-refractivity contribution is 6.30. The van der Waals surface area contributed by atoms with Gasteiger partial charge in [0.1, 0.15) is 23.0 Å². The van der Waals surface area contributed by atoms with Crippen molar-refractivity contribution < 1.29 is 32.6 Å². The number of carbonyl (C=O) groups is 3. The predicted molar refractivity (Wildman–Crippen MR) is 150 cm³/mol. The van der Waals surface area contributed by atoms with E-state index in [4.69, 9.17) is 21.1 Å². The average Bonchev–Trinajstić information content (AvgIpc) is 3.35. The molecular formula is C30H36ClF2N3O5. The molecule has 2 saturated heterocycles. The second-order valence-electron chi connectivity index (χ2n) is 11.4. The first kappa shape index (κ1) is 30.6. The smallest absolute Gasteiger partial charge is 0.415 e. The number of likely N-dealkylation sites (tertiary alicyclic amines) is 2. The van der Waals surface area contributed by atoms with E-state index in [1.54, 1.807) is 22.8 Å². The van der Waals surface area contributed by atoms with Crippen molar-refractivity contribution in [2.24, 2.45) is 5.92 Å². The van der Waals surface area contributed by atoms with Crippen molar-refractivity contribution in [3.63, 3.8) is 0 Å². The van der Waals surface area contributed by atoms with Crippen LogP contribution < -0.4 is 4.74 Å². The molecule has 2 aliphatic heterocycles. The first-order chi connectivity index (χ1) is 19.4. The fourth-order valence-corrected chi connectivity index (χ4v) is 5.53. The molecule has 0 N–H and O–H groups in total. The number of hydrogen-bond acceptors (Lipinski definition) is 5. The number of rotatable bonds is 5. The van der Waals surface area contributed by atoms with Gasteiger partial charge in [-0.05, 0) is 82.5 Å². The summed E-state index contributed by atoms with van der Waals surface area (Å²) in [5.41, 5.74) is 0.00739. The van der Waals surface area contributed by atoms with Gasteiger partial charge < -0.3 is 24.2 Å². The van der Waals surface area contributed by atoms with Crippen LogP contribution in [0.2, 0.25) is 5.02 Å². The lowest BCUT2D eigenvalue weighted by atomic mass is 9.93. The second kappa shape index (κ2) is 12.6. The molecule has 3 amide bonds. The van der Waals surface area contributed by atoms with E-state index in [0.29, 0.717) is 31.5 Å². The van der Waals surface area contributed by atoms with Crippen LogP contribution in [0, 0.1) is 17.6 Å². The van der Waals surface area contributed by atoms with Crippen molar-refractivity contribution in [1.82, 2.24) is 14.7 Å². The van der Waals surface area contributed by atoms with Crippen molar-refractivity contribution in [1.29, 1.82) is 0 Å². The van der Waals surface area contributed by atoms with Gasteiger partial charge in [-0.3, -0.25) is 4.79 Å². The monoisotopic (exact) mass is 591 g/mol. The number of carbonyl (C=O) groups excluding carboxylic acids is 3. The molecule has 2 heterocycles. The van der Waals surface area contributed by atoms with Gasteiger partial charge in [0.25, 0.3) is 0 Å². The molecule has 0 radical (unpaired) electrons. The van der Waals surface area contributed by atoms with Crippen LogP contribution in [0.1, 0.15) is 52.0 Å². The number of nitrogens with zero attached hydrogens (tertiary/aromatic N) is 3. The molecule has 41 heavy (non-hydrogen) atoms. The first-order valence-corrected chi connectivity index (χ1v) is 14.2. The third-order valence-corrected chi connectivity index (χ3v) is 7.77. The van der Waals surface area contributed by atoms with E-state index in [1.165, 1.54) is 41.3 Å². The summed E-state index contributed by atoms with van der Waals surface area (Å²) in [4.78, 5) is 44.2. The molecule has 2 aliphatic rings. The number of piperidine rings is 1. The van der Waals surface area contributed by atoms with Crippen molar-refractivity contribution >= 4 is 29.7 Å². The third-order valence-electron chi connectivity index (χ3n) is 7.46. The Balaban J connectivity index is 1.50. The summed E-state index contributed by atoms with van der Waals surface area (Å²) in [6.45, 7) is 8.80. The van der Waals surface area contributed by atoms with Gasteiger partial charge in [0.15, 0.2) is 0 Å². The van der Waals surface area contributed by atoms with Gasteiger partial charge in [-0.25, -0.2) is 18.4 Å². The van der Waals surface area contributed by atoms with E-state index >= 15 is 0 Å². The van der Waals surface area contributed by atoms with E-state index < -0.39 is 41.4 Å². The number of hydrogen-bond donors (Lipinski definition) is 0. The topological polar surface area (TPSA) is 79.4 Å². The van der Waals surface area contributed by atoms with Gasteiger partial charge in [0.2, 0.25) is 5.91 Å². The summed E-state index contributed by atoms with van der Waals surface area (Å²) >= 11 is 5.93. The predicted octanol–water partition coefficient (Wildman–Crippen LogP) is 6.08. The Kier molecular flexibility index (Phi) is 9.41. The lowest BCUT2D eigenvalue weighted by molar-refractivity contribution is -0.136. The van der Waals surface area contributed by atoms with E-state index in [2.05, 4.69) is 0 Å². The fraction of sp³-hybridized carbons (Fsp3) is 0.500. The average molecular weight is 592 g/mol. The van der Waals surface area contributed by atoms with Crippen LogP contribution in [-0.4, -0.2) is 77.2 Å². The number of halogens is 3. The van der Waals surface area contributed by atoms with Crippen LogP contribution in [-0.2, 0) is 9.53 Å². The summed E-state index contributed by atoms with van der Waals surface area (Å²) < 4.78 is 38.8. The summed E-state index contributed by atoms with van der Waals surface area (Å²) in [7, 11) is 0. The largest absolute Gasteiger partial charge is 0.444 e. The fourth-order valence-electron chi connectivity index (χ4n) is 5.41. The lowest BCUT2D eigenvalue weighted by Crippen LogP contribution is -2.47. The number of benzene rings is 2. The third kappa shape index (κ3) is 7.47. The van der Waals surface area contributed by atoms with Crippen LogP contribution in [0.15, 0.2) is 42.5 Å². The van der Waals surface area contributed by atoms with E-state index in [-0.39, 0.29) is 42.2 Å². The molecule has 2 fully saturated rings. The van der Waals surface area contributed by atoms with Gasteiger partial charge in [-0.1, -0.05) is 17.7 Å². The summed E-state index contributed by atoms with van der Waals surface area (Å²) in [5, 5.41) is -0.0176. The molecule has 222 valence electrons. The normalized spacial score (nSPS) is 19.7. The van der Waals surface area contributed by atoms with Crippen LogP contribution in [0.3, 0.4) is 0 Å². The highest BCUT2D eigenvalue weighted by Gasteiger charge is 2.43. The SMILES string of the molecule is CCN(C(=O)Oc1ccc(F)cc1)C1CN(C(=O)C2CCN(C(=O)OC(C)(C)C)CC2)C[C@H]1c1ccc(Cl)c(F)c1. The maximum atomic E-state index is 14.5. The van der Waals surface area contributed by atoms with Gasteiger partial charge >= 0.3 is 12.2 Å². The first-order valence-electron chi connectivity index (χ1n) is 13.8. The molecule has 0 aromatic heterocycles. The molecule has 4 rings (SSSR count). The maximum Gasteiger partial charge on any atom is 0.415 e. The van der Waals surface area contributed by atoms with Crippen molar-refractivity contribution in [2.75, 3.05) is 32.7 Å². The van der Waals surface area contributed by atoms with Crippen LogP contribution in [0.4, 0.5) is 18.4 Å². The molecule has 1 unspecified atom stereocenters. The van der Waals surface area contributed by atoms with Crippen LogP contribution in [0.25, 0.3) is 0 Å². The van der Waals surface area contributed by atoms with Crippen molar-refractivity contribution in [2.45, 2.75) is 58.1 Å². The molecule has 0 saturated carbocycles. The Morgan fingerprint density at radius 3 is 2.24 bits per heavy atom. The summed E-state index contributed by atoms with van der Waals surface area (Å²) in [5.74, 6) is -1.61. The van der Waals surface area contributed by atoms with Gasteiger partial charge in [-0.15, -0.1) is 0 Å². The Hall–Kier alpha value is -3.40.